The second kappa shape index (κ2) is 8.28. The first kappa shape index (κ1) is 18.3. The van der Waals surface area contributed by atoms with Crippen molar-refractivity contribution in [1.82, 2.24) is 15.2 Å². The molecule has 7 heteroatoms. The van der Waals surface area contributed by atoms with Crippen LogP contribution in [0, 0.1) is 11.3 Å². The molecule has 1 atom stereocenters. The Hall–Kier alpha value is -3.11. The highest BCUT2D eigenvalue weighted by molar-refractivity contribution is 5.78. The minimum absolute atomic E-state index is 0.00504. The molecule has 4 rings (SSSR count). The van der Waals surface area contributed by atoms with Crippen LogP contribution in [0.3, 0.4) is 0 Å². The number of nitrogens with zero attached hydrogens (tertiary/aromatic N) is 4. The van der Waals surface area contributed by atoms with E-state index in [1.807, 2.05) is 24.3 Å². The number of pyridine rings is 1. The maximum Gasteiger partial charge on any atom is 0.234 e. The van der Waals surface area contributed by atoms with Crippen molar-refractivity contribution >= 4 is 11.7 Å². The number of aromatic nitrogens is 1. The Morgan fingerprint density at radius 3 is 2.86 bits per heavy atom. The lowest BCUT2D eigenvalue weighted by Gasteiger charge is -2.35. The molecule has 1 N–H and O–H groups in total. The highest BCUT2D eigenvalue weighted by Gasteiger charge is 2.25. The summed E-state index contributed by atoms with van der Waals surface area (Å²) in [6.07, 6.45) is 2.49. The maximum atomic E-state index is 12.6. The number of carbonyl (C=O) groups is 1. The molecule has 2 aliphatic heterocycles. The molecule has 1 aromatic heterocycles. The summed E-state index contributed by atoms with van der Waals surface area (Å²) in [4.78, 5) is 21.2. The standard InChI is InChI=1S/C21H23N5O2/c22-14-16-4-3-8-23-21(16)26-11-9-25(10-12-26)15-20(27)24-18-7-13-28-19-6-2-1-5-17(18)19/h1-6,8,18H,7,9-13,15H2,(H,24,27). The number of hydrogen-bond acceptors (Lipinski definition) is 6. The van der Waals surface area contributed by atoms with Gasteiger partial charge in [0, 0.05) is 44.4 Å². The van der Waals surface area contributed by atoms with Gasteiger partial charge in [0.25, 0.3) is 0 Å². The van der Waals surface area contributed by atoms with Crippen LogP contribution < -0.4 is 15.0 Å². The quantitative estimate of drug-likeness (QED) is 0.874. The smallest absolute Gasteiger partial charge is 0.234 e. The number of benzene rings is 1. The molecule has 1 unspecified atom stereocenters. The molecule has 144 valence electrons. The molecule has 3 heterocycles. The van der Waals surface area contributed by atoms with Gasteiger partial charge < -0.3 is 15.0 Å². The van der Waals surface area contributed by atoms with Gasteiger partial charge in [-0.1, -0.05) is 18.2 Å². The fourth-order valence-electron chi connectivity index (χ4n) is 3.79. The van der Waals surface area contributed by atoms with Crippen LogP contribution >= 0.6 is 0 Å². The van der Waals surface area contributed by atoms with Gasteiger partial charge in [0.15, 0.2) is 0 Å². The SMILES string of the molecule is N#Cc1cccnc1N1CCN(CC(=O)NC2CCOc3ccccc32)CC1. The lowest BCUT2D eigenvalue weighted by Crippen LogP contribution is -2.50. The fourth-order valence-corrected chi connectivity index (χ4v) is 3.79. The predicted molar refractivity (Wildman–Crippen MR) is 105 cm³/mol. The first-order valence-electron chi connectivity index (χ1n) is 9.58. The summed E-state index contributed by atoms with van der Waals surface area (Å²) in [5, 5.41) is 12.4. The van der Waals surface area contributed by atoms with Gasteiger partial charge in [-0.05, 0) is 18.2 Å². The molecule has 28 heavy (non-hydrogen) atoms. The third-order valence-electron chi connectivity index (χ3n) is 5.24. The van der Waals surface area contributed by atoms with Crippen molar-refractivity contribution in [3.8, 4) is 11.8 Å². The minimum Gasteiger partial charge on any atom is -0.493 e. The Morgan fingerprint density at radius 2 is 2.04 bits per heavy atom. The van der Waals surface area contributed by atoms with Gasteiger partial charge in [-0.25, -0.2) is 4.98 Å². The van der Waals surface area contributed by atoms with Crippen molar-refractivity contribution in [1.29, 1.82) is 5.26 Å². The van der Waals surface area contributed by atoms with E-state index in [1.165, 1.54) is 0 Å². The van der Waals surface area contributed by atoms with Gasteiger partial charge in [-0.2, -0.15) is 5.26 Å². The summed E-state index contributed by atoms with van der Waals surface area (Å²) < 4.78 is 5.66. The summed E-state index contributed by atoms with van der Waals surface area (Å²) >= 11 is 0. The number of rotatable bonds is 4. The zero-order valence-electron chi connectivity index (χ0n) is 15.7. The Labute approximate surface area is 164 Å². The van der Waals surface area contributed by atoms with E-state index in [9.17, 15) is 10.1 Å². The number of carbonyl (C=O) groups excluding carboxylic acids is 1. The summed E-state index contributed by atoms with van der Waals surface area (Å²) in [6, 6.07) is 13.6. The Kier molecular flexibility index (Phi) is 5.40. The van der Waals surface area contributed by atoms with Gasteiger partial charge >= 0.3 is 0 Å². The molecule has 7 nitrogen and oxygen atoms in total. The predicted octanol–water partition coefficient (Wildman–Crippen LogP) is 1.72. The zero-order chi connectivity index (χ0) is 19.3. The summed E-state index contributed by atoms with van der Waals surface area (Å²) in [6.45, 7) is 4.02. The molecule has 2 aliphatic rings. The lowest BCUT2D eigenvalue weighted by atomic mass is 10.0. The molecule has 1 aromatic carbocycles. The number of para-hydroxylation sites is 1. The first-order valence-corrected chi connectivity index (χ1v) is 9.58. The molecule has 1 saturated heterocycles. The van der Waals surface area contributed by atoms with Crippen molar-refractivity contribution in [2.24, 2.45) is 0 Å². The number of nitriles is 1. The second-order valence-corrected chi connectivity index (χ2v) is 7.04. The van der Waals surface area contributed by atoms with Crippen LogP contribution in [0.1, 0.15) is 23.6 Å². The second-order valence-electron chi connectivity index (χ2n) is 7.04. The highest BCUT2D eigenvalue weighted by Crippen LogP contribution is 2.31. The maximum absolute atomic E-state index is 12.6. The zero-order valence-corrected chi connectivity index (χ0v) is 15.7. The average Bonchev–Trinajstić information content (AvgIpc) is 2.74. The molecule has 0 aliphatic carbocycles. The van der Waals surface area contributed by atoms with Gasteiger partial charge in [-0.15, -0.1) is 0 Å². The largest absolute Gasteiger partial charge is 0.493 e. The Bertz CT molecular complexity index is 886. The van der Waals surface area contributed by atoms with Crippen LogP contribution in [0.4, 0.5) is 5.82 Å². The summed E-state index contributed by atoms with van der Waals surface area (Å²) in [5.41, 5.74) is 1.64. The van der Waals surface area contributed by atoms with Crippen LogP contribution in [0.5, 0.6) is 5.75 Å². The van der Waals surface area contributed by atoms with E-state index in [0.717, 1.165) is 49.7 Å². The van der Waals surface area contributed by atoms with Crippen LogP contribution in [-0.2, 0) is 4.79 Å². The van der Waals surface area contributed by atoms with Gasteiger partial charge in [0.1, 0.15) is 17.6 Å². The molecule has 1 fully saturated rings. The lowest BCUT2D eigenvalue weighted by molar-refractivity contribution is -0.123. The van der Waals surface area contributed by atoms with Crippen molar-refractivity contribution in [3.63, 3.8) is 0 Å². The van der Waals surface area contributed by atoms with Crippen molar-refractivity contribution in [3.05, 3.63) is 53.7 Å². The number of amides is 1. The number of piperazine rings is 1. The number of fused-ring (bicyclic) bond motifs is 1. The van der Waals surface area contributed by atoms with Crippen molar-refractivity contribution < 1.29 is 9.53 Å². The van der Waals surface area contributed by atoms with E-state index in [0.29, 0.717) is 18.7 Å². The van der Waals surface area contributed by atoms with Gasteiger partial charge in [0.05, 0.1) is 24.8 Å². The minimum atomic E-state index is 0.00504. The fraction of sp³-hybridized carbons (Fsp3) is 0.381. The molecule has 0 radical (unpaired) electrons. The molecule has 1 amide bonds. The Balaban J connectivity index is 1.31. The van der Waals surface area contributed by atoms with Crippen molar-refractivity contribution in [2.75, 3.05) is 44.2 Å². The molecule has 0 bridgehead atoms. The van der Waals surface area contributed by atoms with Crippen LogP contribution in [0.2, 0.25) is 0 Å². The first-order chi connectivity index (χ1) is 13.7. The third-order valence-corrected chi connectivity index (χ3v) is 5.24. The van der Waals surface area contributed by atoms with E-state index in [-0.39, 0.29) is 11.9 Å². The van der Waals surface area contributed by atoms with E-state index in [2.05, 4.69) is 26.2 Å². The number of anilines is 1. The molecule has 0 spiro atoms. The highest BCUT2D eigenvalue weighted by atomic mass is 16.5. The van der Waals surface area contributed by atoms with E-state index in [4.69, 9.17) is 4.74 Å². The average molecular weight is 377 g/mol. The third kappa shape index (κ3) is 3.92. The number of nitrogens with one attached hydrogen (secondary N) is 1. The van der Waals surface area contributed by atoms with E-state index < -0.39 is 0 Å². The number of hydrogen-bond donors (Lipinski definition) is 1. The summed E-state index contributed by atoms with van der Waals surface area (Å²) in [5.74, 6) is 1.62. The number of ether oxygens (including phenoxy) is 1. The molecule has 0 saturated carbocycles. The molecular formula is C21H23N5O2. The topological polar surface area (TPSA) is 81.5 Å². The summed E-state index contributed by atoms with van der Waals surface area (Å²) in [7, 11) is 0. The van der Waals surface area contributed by atoms with Gasteiger partial charge in [0.2, 0.25) is 5.91 Å². The van der Waals surface area contributed by atoms with E-state index >= 15 is 0 Å². The molecule has 2 aromatic rings. The van der Waals surface area contributed by atoms with Gasteiger partial charge in [-0.3, -0.25) is 9.69 Å². The van der Waals surface area contributed by atoms with Crippen molar-refractivity contribution in [2.45, 2.75) is 12.5 Å². The van der Waals surface area contributed by atoms with Crippen LogP contribution in [0.15, 0.2) is 42.6 Å². The normalized spacial score (nSPS) is 19.2. The Morgan fingerprint density at radius 1 is 1.21 bits per heavy atom. The monoisotopic (exact) mass is 377 g/mol. The van der Waals surface area contributed by atoms with Crippen LogP contribution in [-0.4, -0.2) is 55.1 Å². The molecular weight excluding hydrogens is 354 g/mol. The van der Waals surface area contributed by atoms with E-state index in [1.54, 1.807) is 18.3 Å². The van der Waals surface area contributed by atoms with Crippen LogP contribution in [0.25, 0.3) is 0 Å².